The lowest BCUT2D eigenvalue weighted by Crippen LogP contribution is -2.40. The summed E-state index contributed by atoms with van der Waals surface area (Å²) in [4.78, 5) is 15.7. The average molecular weight is 283 g/mol. The van der Waals surface area contributed by atoms with Gasteiger partial charge in [0, 0.05) is 12.7 Å². The summed E-state index contributed by atoms with van der Waals surface area (Å²) in [5.74, 6) is -0.377. The highest BCUT2D eigenvalue weighted by molar-refractivity contribution is 7.88. The van der Waals surface area contributed by atoms with Gasteiger partial charge >= 0.3 is 0 Å². The molecule has 0 atom stereocenters. The summed E-state index contributed by atoms with van der Waals surface area (Å²) >= 11 is 0. The van der Waals surface area contributed by atoms with Crippen molar-refractivity contribution in [2.45, 2.75) is 6.54 Å². The largest absolute Gasteiger partial charge is 0.349 e. The molecular formula is C12H17N3O3S. The Kier molecular flexibility index (Phi) is 5.65. The highest BCUT2D eigenvalue weighted by Gasteiger charge is 2.18. The summed E-state index contributed by atoms with van der Waals surface area (Å²) in [5, 5.41) is 2.62. The van der Waals surface area contributed by atoms with Crippen molar-refractivity contribution in [1.29, 1.82) is 0 Å². The number of amides is 1. The number of carbonyl (C=O) groups excluding carboxylic acids is 1. The van der Waals surface area contributed by atoms with E-state index in [1.54, 1.807) is 18.3 Å². The predicted molar refractivity (Wildman–Crippen MR) is 72.7 cm³/mol. The van der Waals surface area contributed by atoms with Gasteiger partial charge in [0.15, 0.2) is 0 Å². The minimum absolute atomic E-state index is 0.107. The van der Waals surface area contributed by atoms with Gasteiger partial charge in [-0.1, -0.05) is 12.1 Å². The first-order valence-corrected chi connectivity index (χ1v) is 7.51. The molecule has 0 aliphatic carbocycles. The van der Waals surface area contributed by atoms with Gasteiger partial charge in [0.1, 0.15) is 0 Å². The monoisotopic (exact) mass is 283 g/mol. The number of rotatable bonds is 7. The number of pyridine rings is 1. The van der Waals surface area contributed by atoms with Crippen molar-refractivity contribution in [3.63, 3.8) is 0 Å². The third kappa shape index (κ3) is 5.62. The first-order valence-electron chi connectivity index (χ1n) is 5.66. The molecule has 0 aromatic carbocycles. The standard InChI is InChI=1S/C12H17N3O3S/c1-3-8-15(19(2,17)18)10-12(16)14-9-11-6-4-5-7-13-11/h3-7H,1,8-10H2,2H3,(H,14,16). The summed E-state index contributed by atoms with van der Waals surface area (Å²) in [5.41, 5.74) is 0.713. The van der Waals surface area contributed by atoms with Crippen molar-refractivity contribution in [2.75, 3.05) is 19.3 Å². The summed E-state index contributed by atoms with van der Waals surface area (Å²) in [6, 6.07) is 5.37. The fourth-order valence-corrected chi connectivity index (χ4v) is 2.10. The van der Waals surface area contributed by atoms with Crippen LogP contribution in [0.25, 0.3) is 0 Å². The van der Waals surface area contributed by atoms with E-state index in [1.165, 1.54) is 6.08 Å². The van der Waals surface area contributed by atoms with Crippen LogP contribution in [0.15, 0.2) is 37.1 Å². The number of hydrogen-bond acceptors (Lipinski definition) is 4. The lowest BCUT2D eigenvalue weighted by Gasteiger charge is -2.17. The van der Waals surface area contributed by atoms with E-state index < -0.39 is 10.0 Å². The zero-order valence-electron chi connectivity index (χ0n) is 10.7. The van der Waals surface area contributed by atoms with Gasteiger partial charge < -0.3 is 5.32 Å². The SMILES string of the molecule is C=CCN(CC(=O)NCc1ccccn1)S(C)(=O)=O. The predicted octanol–water partition coefficient (Wildman–Crippen LogP) is 0.145. The molecule has 0 saturated carbocycles. The zero-order valence-corrected chi connectivity index (χ0v) is 11.6. The molecule has 0 spiro atoms. The Hall–Kier alpha value is -1.73. The number of nitrogens with one attached hydrogen (secondary N) is 1. The lowest BCUT2D eigenvalue weighted by atomic mass is 10.3. The van der Waals surface area contributed by atoms with Gasteiger partial charge in [0.05, 0.1) is 25.0 Å². The maximum Gasteiger partial charge on any atom is 0.235 e. The van der Waals surface area contributed by atoms with Gasteiger partial charge in [0.2, 0.25) is 15.9 Å². The molecule has 1 rings (SSSR count). The molecule has 104 valence electrons. The first-order chi connectivity index (χ1) is 8.93. The van der Waals surface area contributed by atoms with E-state index in [4.69, 9.17) is 0 Å². The number of sulfonamides is 1. The molecule has 0 saturated heterocycles. The summed E-state index contributed by atoms with van der Waals surface area (Å²) in [6.45, 7) is 3.62. The van der Waals surface area contributed by atoms with Gasteiger partial charge in [0.25, 0.3) is 0 Å². The molecule has 0 radical (unpaired) electrons. The van der Waals surface area contributed by atoms with E-state index in [-0.39, 0.29) is 25.5 Å². The van der Waals surface area contributed by atoms with Crippen LogP contribution in [0.2, 0.25) is 0 Å². The molecule has 0 unspecified atom stereocenters. The normalized spacial score (nSPS) is 11.3. The van der Waals surface area contributed by atoms with Gasteiger partial charge in [-0.2, -0.15) is 4.31 Å². The summed E-state index contributed by atoms with van der Waals surface area (Å²) in [6.07, 6.45) is 4.12. The third-order valence-corrected chi connectivity index (χ3v) is 3.53. The van der Waals surface area contributed by atoms with Gasteiger partial charge in [-0.05, 0) is 12.1 Å². The molecule has 6 nitrogen and oxygen atoms in total. The molecule has 0 aliphatic rings. The topological polar surface area (TPSA) is 79.4 Å². The Morgan fingerprint density at radius 3 is 2.79 bits per heavy atom. The smallest absolute Gasteiger partial charge is 0.235 e. The van der Waals surface area contributed by atoms with Crippen LogP contribution in [0.3, 0.4) is 0 Å². The second kappa shape index (κ2) is 7.01. The van der Waals surface area contributed by atoms with Crippen LogP contribution in [0.1, 0.15) is 5.69 Å². The van der Waals surface area contributed by atoms with Crippen LogP contribution in [0, 0.1) is 0 Å². The quantitative estimate of drug-likeness (QED) is 0.722. The Labute approximate surface area is 113 Å². The molecule has 1 N–H and O–H groups in total. The Morgan fingerprint density at radius 2 is 2.26 bits per heavy atom. The summed E-state index contributed by atoms with van der Waals surface area (Å²) in [7, 11) is -3.42. The van der Waals surface area contributed by atoms with Crippen molar-refractivity contribution in [3.05, 3.63) is 42.7 Å². The Balaban J connectivity index is 2.52. The van der Waals surface area contributed by atoms with Gasteiger partial charge in [-0.15, -0.1) is 6.58 Å². The minimum Gasteiger partial charge on any atom is -0.349 e. The van der Waals surface area contributed by atoms with Crippen molar-refractivity contribution < 1.29 is 13.2 Å². The molecule has 0 aliphatic heterocycles. The van der Waals surface area contributed by atoms with E-state index in [0.717, 1.165) is 10.6 Å². The van der Waals surface area contributed by atoms with E-state index in [2.05, 4.69) is 16.9 Å². The number of hydrogen-bond donors (Lipinski definition) is 1. The molecular weight excluding hydrogens is 266 g/mol. The molecule has 1 aromatic heterocycles. The maximum atomic E-state index is 11.7. The fourth-order valence-electron chi connectivity index (χ4n) is 1.37. The van der Waals surface area contributed by atoms with Crippen LogP contribution >= 0.6 is 0 Å². The van der Waals surface area contributed by atoms with Crippen molar-refractivity contribution in [3.8, 4) is 0 Å². The summed E-state index contributed by atoms with van der Waals surface area (Å²) < 4.78 is 23.9. The fraction of sp³-hybridized carbons (Fsp3) is 0.333. The molecule has 1 aromatic rings. The lowest BCUT2D eigenvalue weighted by molar-refractivity contribution is -0.121. The second-order valence-electron chi connectivity index (χ2n) is 3.94. The molecule has 0 bridgehead atoms. The third-order valence-electron chi connectivity index (χ3n) is 2.31. The minimum atomic E-state index is -3.42. The number of aromatic nitrogens is 1. The molecule has 19 heavy (non-hydrogen) atoms. The van der Waals surface area contributed by atoms with Gasteiger partial charge in [-0.3, -0.25) is 9.78 Å². The number of nitrogens with zero attached hydrogens (tertiary/aromatic N) is 2. The van der Waals surface area contributed by atoms with Crippen molar-refractivity contribution in [2.24, 2.45) is 0 Å². The molecule has 7 heteroatoms. The second-order valence-corrected chi connectivity index (χ2v) is 5.92. The van der Waals surface area contributed by atoms with E-state index in [1.807, 2.05) is 6.07 Å². The highest BCUT2D eigenvalue weighted by atomic mass is 32.2. The highest BCUT2D eigenvalue weighted by Crippen LogP contribution is 1.98. The van der Waals surface area contributed by atoms with Crippen LogP contribution in [-0.2, 0) is 21.4 Å². The maximum absolute atomic E-state index is 11.7. The van der Waals surface area contributed by atoms with Crippen LogP contribution in [-0.4, -0.2) is 43.0 Å². The first kappa shape index (κ1) is 15.3. The zero-order chi connectivity index (χ0) is 14.3. The average Bonchev–Trinajstić information content (AvgIpc) is 2.36. The van der Waals surface area contributed by atoms with Crippen LogP contribution in [0.4, 0.5) is 0 Å². The molecule has 1 heterocycles. The molecule has 1 amide bonds. The van der Waals surface area contributed by atoms with E-state index in [0.29, 0.717) is 5.69 Å². The van der Waals surface area contributed by atoms with Gasteiger partial charge in [-0.25, -0.2) is 8.42 Å². The van der Waals surface area contributed by atoms with Crippen molar-refractivity contribution in [1.82, 2.24) is 14.6 Å². The van der Waals surface area contributed by atoms with Crippen molar-refractivity contribution >= 4 is 15.9 Å². The molecule has 0 fully saturated rings. The van der Waals surface area contributed by atoms with E-state index in [9.17, 15) is 13.2 Å². The van der Waals surface area contributed by atoms with E-state index >= 15 is 0 Å². The Bertz CT molecular complexity index is 528. The number of carbonyl (C=O) groups is 1. The van der Waals surface area contributed by atoms with Crippen LogP contribution in [0.5, 0.6) is 0 Å². The Morgan fingerprint density at radius 1 is 1.53 bits per heavy atom. The van der Waals surface area contributed by atoms with Crippen LogP contribution < -0.4 is 5.32 Å².